The van der Waals surface area contributed by atoms with Gasteiger partial charge in [0.1, 0.15) is 5.60 Å². The van der Waals surface area contributed by atoms with E-state index in [2.05, 4.69) is 31.5 Å². The Morgan fingerprint density at radius 2 is 1.83 bits per heavy atom. The Bertz CT molecular complexity index is 489. The van der Waals surface area contributed by atoms with E-state index >= 15 is 0 Å². The highest BCUT2D eigenvalue weighted by Gasteiger charge is 2.25. The molecular weight excluding hydrogens is 260 g/mol. The monoisotopic (exact) mass is 280 g/mol. The van der Waals surface area contributed by atoms with Crippen LogP contribution in [0.15, 0.2) is 18.2 Å². The van der Waals surface area contributed by atoms with Crippen molar-refractivity contribution in [3.8, 4) is 11.8 Å². The molecule has 0 fully saturated rings. The summed E-state index contributed by atoms with van der Waals surface area (Å²) in [6.07, 6.45) is 0. The minimum absolute atomic E-state index is 0.405. The predicted octanol–water partition coefficient (Wildman–Crippen LogP) is 4.63. The molecule has 0 spiro atoms. The van der Waals surface area contributed by atoms with Crippen LogP contribution in [0.3, 0.4) is 0 Å². The van der Waals surface area contributed by atoms with E-state index in [-0.39, 0.29) is 0 Å². The number of rotatable bonds is 2. The first-order valence-electron chi connectivity index (χ1n) is 6.09. The summed E-state index contributed by atoms with van der Waals surface area (Å²) in [4.78, 5) is 0. The van der Waals surface area contributed by atoms with Crippen LogP contribution >= 0.6 is 11.6 Å². The summed E-state index contributed by atoms with van der Waals surface area (Å²) >= 11 is 5.99. The zero-order valence-electron chi connectivity index (χ0n) is 12.0. The predicted molar refractivity (Wildman–Crippen MR) is 81.6 cm³/mol. The van der Waals surface area contributed by atoms with E-state index in [1.165, 1.54) is 0 Å². The van der Waals surface area contributed by atoms with Gasteiger partial charge in [-0.1, -0.05) is 23.4 Å². The van der Waals surface area contributed by atoms with Gasteiger partial charge in [0, 0.05) is 10.6 Å². The van der Waals surface area contributed by atoms with Gasteiger partial charge in [-0.15, -0.1) is 0 Å². The second-order valence-corrected chi connectivity index (χ2v) is 10.8. The van der Waals surface area contributed by atoms with Crippen LogP contribution in [0.5, 0.6) is 0 Å². The fourth-order valence-electron chi connectivity index (χ4n) is 1.74. The van der Waals surface area contributed by atoms with E-state index in [4.69, 9.17) is 16.0 Å². The molecule has 0 saturated heterocycles. The van der Waals surface area contributed by atoms with Crippen molar-refractivity contribution in [1.82, 2.24) is 0 Å². The molecule has 0 aliphatic rings. The zero-order chi connectivity index (χ0) is 14.0. The van der Waals surface area contributed by atoms with Gasteiger partial charge in [0.25, 0.3) is 0 Å². The van der Waals surface area contributed by atoms with Crippen molar-refractivity contribution in [2.45, 2.75) is 46.0 Å². The summed E-state index contributed by atoms with van der Waals surface area (Å²) in [5, 5.41) is 0.776. The van der Waals surface area contributed by atoms with Gasteiger partial charge in [0.2, 0.25) is 0 Å². The van der Waals surface area contributed by atoms with E-state index < -0.39 is 13.9 Å². The highest BCUT2D eigenvalue weighted by molar-refractivity contribution is 6.69. The molecule has 0 aliphatic carbocycles. The highest BCUT2D eigenvalue weighted by atomic mass is 35.5. The van der Waals surface area contributed by atoms with Gasteiger partial charge < -0.3 is 4.43 Å². The lowest BCUT2D eigenvalue weighted by molar-refractivity contribution is 0.164. The fourth-order valence-corrected chi connectivity index (χ4v) is 3.44. The second kappa shape index (κ2) is 5.48. The smallest absolute Gasteiger partial charge is 0.185 e. The van der Waals surface area contributed by atoms with Crippen molar-refractivity contribution in [2.24, 2.45) is 0 Å². The summed E-state index contributed by atoms with van der Waals surface area (Å²) in [7, 11) is -1.57. The molecule has 1 nitrogen and oxygen atoms in total. The maximum Gasteiger partial charge on any atom is 0.185 e. The van der Waals surface area contributed by atoms with Crippen molar-refractivity contribution in [3.63, 3.8) is 0 Å². The van der Waals surface area contributed by atoms with E-state index in [1.807, 2.05) is 39.0 Å². The lowest BCUT2D eigenvalue weighted by atomic mass is 10.1. The van der Waals surface area contributed by atoms with Crippen LogP contribution in [0.4, 0.5) is 0 Å². The Morgan fingerprint density at radius 3 is 2.33 bits per heavy atom. The summed E-state index contributed by atoms with van der Waals surface area (Å²) in [5.74, 6) is 6.36. The molecule has 0 heterocycles. The first-order chi connectivity index (χ1) is 8.09. The van der Waals surface area contributed by atoms with E-state index in [1.54, 1.807) is 0 Å². The quantitative estimate of drug-likeness (QED) is 0.567. The largest absolute Gasteiger partial charge is 0.402 e. The van der Waals surface area contributed by atoms with Crippen LogP contribution in [0.1, 0.15) is 25.0 Å². The first kappa shape index (κ1) is 15.3. The van der Waals surface area contributed by atoms with Crippen LogP contribution in [0.25, 0.3) is 0 Å². The third-order valence-electron chi connectivity index (χ3n) is 2.23. The highest BCUT2D eigenvalue weighted by Crippen LogP contribution is 2.18. The SMILES string of the molecule is Cc1cc(C#CC(C)(C)O[Si](C)(C)C)ccc1Cl. The Hall–Kier alpha value is -0.753. The molecule has 18 heavy (non-hydrogen) atoms. The van der Waals surface area contributed by atoms with Crippen LogP contribution in [-0.2, 0) is 4.43 Å². The van der Waals surface area contributed by atoms with Gasteiger partial charge in [-0.2, -0.15) is 0 Å². The van der Waals surface area contributed by atoms with Crippen LogP contribution < -0.4 is 0 Å². The number of aryl methyl sites for hydroxylation is 1. The number of halogens is 1. The van der Waals surface area contributed by atoms with Crippen molar-refractivity contribution in [1.29, 1.82) is 0 Å². The topological polar surface area (TPSA) is 9.23 Å². The average Bonchev–Trinajstić information content (AvgIpc) is 2.16. The molecule has 0 aliphatic heterocycles. The molecule has 0 N–H and O–H groups in total. The molecule has 1 rings (SSSR count). The number of hydrogen-bond acceptors (Lipinski definition) is 1. The lowest BCUT2D eigenvalue weighted by Gasteiger charge is -2.28. The minimum Gasteiger partial charge on any atom is -0.402 e. The molecule has 98 valence electrons. The van der Waals surface area contributed by atoms with Gasteiger partial charge in [-0.3, -0.25) is 0 Å². The molecule has 1 aromatic carbocycles. The normalized spacial score (nSPS) is 11.9. The molecule has 1 aromatic rings. The first-order valence-corrected chi connectivity index (χ1v) is 9.87. The summed E-state index contributed by atoms with van der Waals surface area (Å²) < 4.78 is 6.04. The van der Waals surface area contributed by atoms with Crippen molar-refractivity contribution >= 4 is 19.9 Å². The third kappa shape index (κ3) is 5.26. The van der Waals surface area contributed by atoms with Crippen molar-refractivity contribution in [2.75, 3.05) is 0 Å². The number of hydrogen-bond donors (Lipinski definition) is 0. The molecule has 3 heteroatoms. The summed E-state index contributed by atoms with van der Waals surface area (Å²) in [5.41, 5.74) is 1.62. The Balaban J connectivity index is 2.90. The van der Waals surface area contributed by atoms with E-state index in [9.17, 15) is 0 Å². The van der Waals surface area contributed by atoms with E-state index in [0.717, 1.165) is 16.1 Å². The molecule has 0 radical (unpaired) electrons. The maximum absolute atomic E-state index is 6.04. The Labute approximate surface area is 117 Å². The van der Waals surface area contributed by atoms with Crippen molar-refractivity contribution < 1.29 is 4.43 Å². The molecule has 0 unspecified atom stereocenters. The molecule has 0 amide bonds. The summed E-state index contributed by atoms with van der Waals surface area (Å²) in [6, 6.07) is 5.82. The molecule has 0 aromatic heterocycles. The van der Waals surface area contributed by atoms with Crippen LogP contribution in [0, 0.1) is 18.8 Å². The average molecular weight is 281 g/mol. The molecule has 0 saturated carbocycles. The van der Waals surface area contributed by atoms with Gasteiger partial charge in [0.05, 0.1) is 0 Å². The van der Waals surface area contributed by atoms with Gasteiger partial charge >= 0.3 is 0 Å². The zero-order valence-corrected chi connectivity index (χ0v) is 13.8. The standard InChI is InChI=1S/C15H21ClOSi/c1-12-11-13(7-8-14(12)16)9-10-15(2,3)17-18(4,5)6/h7-8,11H,1-6H3. The molecule has 0 atom stereocenters. The third-order valence-corrected chi connectivity index (χ3v) is 3.77. The molecular formula is C15H21ClOSi. The maximum atomic E-state index is 6.04. The van der Waals surface area contributed by atoms with E-state index in [0.29, 0.717) is 0 Å². The Kier molecular flexibility index (Phi) is 4.66. The second-order valence-electron chi connectivity index (χ2n) is 5.94. The number of benzene rings is 1. The molecule has 0 bridgehead atoms. The summed E-state index contributed by atoms with van der Waals surface area (Å²) in [6.45, 7) is 12.5. The van der Waals surface area contributed by atoms with Crippen molar-refractivity contribution in [3.05, 3.63) is 34.3 Å². The van der Waals surface area contributed by atoms with Gasteiger partial charge in [0.15, 0.2) is 8.32 Å². The Morgan fingerprint density at radius 1 is 1.22 bits per heavy atom. The minimum atomic E-state index is -1.57. The van der Waals surface area contributed by atoms with Crippen LogP contribution in [0.2, 0.25) is 24.7 Å². The van der Waals surface area contributed by atoms with Gasteiger partial charge in [-0.25, -0.2) is 0 Å². The van der Waals surface area contributed by atoms with Crippen LogP contribution in [-0.4, -0.2) is 13.9 Å². The lowest BCUT2D eigenvalue weighted by Crippen LogP contribution is -2.37. The van der Waals surface area contributed by atoms with Gasteiger partial charge in [-0.05, 0) is 64.2 Å². The fraction of sp³-hybridized carbons (Fsp3) is 0.467.